The van der Waals surface area contributed by atoms with Crippen LogP contribution in [-0.2, 0) is 6.42 Å². The lowest BCUT2D eigenvalue weighted by Gasteiger charge is -2.09. The van der Waals surface area contributed by atoms with Crippen molar-refractivity contribution in [3.8, 4) is 0 Å². The van der Waals surface area contributed by atoms with Crippen molar-refractivity contribution in [1.29, 1.82) is 0 Å². The Labute approximate surface area is 110 Å². The molecule has 16 heavy (non-hydrogen) atoms. The topological polar surface area (TPSA) is 51.8 Å². The van der Waals surface area contributed by atoms with Gasteiger partial charge in [-0.05, 0) is 47.8 Å². The van der Waals surface area contributed by atoms with E-state index in [-0.39, 0.29) is 0 Å². The van der Waals surface area contributed by atoms with Crippen LogP contribution < -0.4 is 5.73 Å². The van der Waals surface area contributed by atoms with E-state index >= 15 is 0 Å². The summed E-state index contributed by atoms with van der Waals surface area (Å²) in [5.74, 6) is 2.92. The highest BCUT2D eigenvalue weighted by Crippen LogP contribution is 2.41. The molecule has 0 unspecified atom stereocenters. The van der Waals surface area contributed by atoms with Crippen LogP contribution >= 0.6 is 22.6 Å². The standard InChI is InChI=1S/C12H18IN3/c1-7(2)3-6-9-15-11(8-4-5-8)10(13)12(14)16-9/h7-8H,3-6H2,1-2H3,(H2,14,15,16). The van der Waals surface area contributed by atoms with Crippen LogP contribution in [0.2, 0.25) is 0 Å². The number of hydrogen-bond donors (Lipinski definition) is 1. The fourth-order valence-electron chi connectivity index (χ4n) is 1.69. The summed E-state index contributed by atoms with van der Waals surface area (Å²) in [6, 6.07) is 0. The van der Waals surface area contributed by atoms with Gasteiger partial charge in [-0.15, -0.1) is 0 Å². The summed E-state index contributed by atoms with van der Waals surface area (Å²) in [4.78, 5) is 9.04. The number of aromatic nitrogens is 2. The fourth-order valence-corrected chi connectivity index (χ4v) is 2.37. The first-order valence-electron chi connectivity index (χ1n) is 5.89. The van der Waals surface area contributed by atoms with Crippen molar-refractivity contribution in [2.45, 2.75) is 45.4 Å². The predicted molar refractivity (Wildman–Crippen MR) is 74.3 cm³/mol. The molecule has 2 rings (SSSR count). The number of halogens is 1. The lowest BCUT2D eigenvalue weighted by Crippen LogP contribution is -2.07. The van der Waals surface area contributed by atoms with E-state index in [4.69, 9.17) is 5.73 Å². The number of aryl methyl sites for hydroxylation is 1. The highest BCUT2D eigenvalue weighted by molar-refractivity contribution is 14.1. The van der Waals surface area contributed by atoms with Crippen molar-refractivity contribution in [3.05, 3.63) is 15.1 Å². The van der Waals surface area contributed by atoms with Crippen LogP contribution in [0.5, 0.6) is 0 Å². The third-order valence-corrected chi connectivity index (χ3v) is 3.96. The first-order valence-corrected chi connectivity index (χ1v) is 6.97. The van der Waals surface area contributed by atoms with Crippen LogP contribution in [0, 0.1) is 9.49 Å². The number of rotatable bonds is 4. The van der Waals surface area contributed by atoms with E-state index in [1.165, 1.54) is 18.5 Å². The van der Waals surface area contributed by atoms with Gasteiger partial charge in [0.05, 0.1) is 9.26 Å². The van der Waals surface area contributed by atoms with Crippen LogP contribution in [0.4, 0.5) is 5.82 Å². The summed E-state index contributed by atoms with van der Waals surface area (Å²) in [5.41, 5.74) is 7.12. The van der Waals surface area contributed by atoms with Crippen LogP contribution in [-0.4, -0.2) is 9.97 Å². The molecule has 1 saturated carbocycles. The van der Waals surface area contributed by atoms with Gasteiger partial charge in [-0.1, -0.05) is 13.8 Å². The smallest absolute Gasteiger partial charge is 0.140 e. The molecule has 1 aromatic heterocycles. The number of anilines is 1. The maximum atomic E-state index is 5.93. The first-order chi connectivity index (χ1) is 7.58. The Morgan fingerprint density at radius 3 is 2.62 bits per heavy atom. The molecule has 1 aliphatic carbocycles. The maximum absolute atomic E-state index is 5.93. The van der Waals surface area contributed by atoms with Crippen LogP contribution in [0.3, 0.4) is 0 Å². The monoisotopic (exact) mass is 331 g/mol. The average Bonchev–Trinajstić information content (AvgIpc) is 3.03. The molecular formula is C12H18IN3. The minimum Gasteiger partial charge on any atom is -0.383 e. The van der Waals surface area contributed by atoms with Crippen molar-refractivity contribution in [2.75, 3.05) is 5.73 Å². The van der Waals surface area contributed by atoms with E-state index in [0.29, 0.717) is 17.7 Å². The predicted octanol–water partition coefficient (Wildman–Crippen LogP) is 3.13. The number of nitrogens with two attached hydrogens (primary N) is 1. The molecule has 0 radical (unpaired) electrons. The molecule has 1 fully saturated rings. The van der Waals surface area contributed by atoms with Gasteiger partial charge in [0.2, 0.25) is 0 Å². The van der Waals surface area contributed by atoms with Gasteiger partial charge in [0.1, 0.15) is 11.6 Å². The minimum atomic E-state index is 0.648. The van der Waals surface area contributed by atoms with Gasteiger partial charge >= 0.3 is 0 Å². The molecule has 3 nitrogen and oxygen atoms in total. The maximum Gasteiger partial charge on any atom is 0.140 e. The van der Waals surface area contributed by atoms with E-state index < -0.39 is 0 Å². The summed E-state index contributed by atoms with van der Waals surface area (Å²) < 4.78 is 1.06. The Kier molecular flexibility index (Phi) is 3.66. The van der Waals surface area contributed by atoms with Crippen molar-refractivity contribution >= 4 is 28.4 Å². The van der Waals surface area contributed by atoms with E-state index in [9.17, 15) is 0 Å². The second-order valence-electron chi connectivity index (χ2n) is 4.93. The quantitative estimate of drug-likeness (QED) is 0.863. The Hall–Kier alpha value is -0.390. The van der Waals surface area contributed by atoms with Gasteiger partial charge in [-0.3, -0.25) is 0 Å². The zero-order valence-electron chi connectivity index (χ0n) is 9.83. The third-order valence-electron chi connectivity index (χ3n) is 2.86. The van der Waals surface area contributed by atoms with Crippen molar-refractivity contribution in [3.63, 3.8) is 0 Å². The zero-order chi connectivity index (χ0) is 11.7. The second kappa shape index (κ2) is 4.85. The van der Waals surface area contributed by atoms with Gasteiger partial charge in [0.25, 0.3) is 0 Å². The molecule has 0 bridgehead atoms. The van der Waals surface area contributed by atoms with Crippen LogP contribution in [0.15, 0.2) is 0 Å². The molecule has 0 amide bonds. The molecule has 0 saturated heterocycles. The van der Waals surface area contributed by atoms with Crippen molar-refractivity contribution in [1.82, 2.24) is 9.97 Å². The van der Waals surface area contributed by atoms with Crippen LogP contribution in [0.25, 0.3) is 0 Å². The van der Waals surface area contributed by atoms with Crippen molar-refractivity contribution < 1.29 is 0 Å². The molecule has 0 spiro atoms. The summed E-state index contributed by atoms with van der Waals surface area (Å²) >= 11 is 2.27. The van der Waals surface area contributed by atoms with Gasteiger partial charge in [0.15, 0.2) is 0 Å². The van der Waals surface area contributed by atoms with E-state index in [2.05, 4.69) is 46.4 Å². The highest BCUT2D eigenvalue weighted by Gasteiger charge is 2.28. The Morgan fingerprint density at radius 1 is 1.38 bits per heavy atom. The molecule has 1 aliphatic rings. The first kappa shape index (κ1) is 12.1. The minimum absolute atomic E-state index is 0.648. The molecule has 0 atom stereocenters. The summed E-state index contributed by atoms with van der Waals surface area (Å²) in [6.07, 6.45) is 4.59. The number of hydrogen-bond acceptors (Lipinski definition) is 3. The van der Waals surface area contributed by atoms with E-state index in [1.54, 1.807) is 0 Å². The average molecular weight is 331 g/mol. The molecule has 0 aliphatic heterocycles. The third kappa shape index (κ3) is 2.84. The molecule has 4 heteroatoms. The van der Waals surface area contributed by atoms with Crippen LogP contribution in [0.1, 0.15) is 50.5 Å². The molecule has 0 aromatic carbocycles. The summed E-state index contributed by atoms with van der Waals surface area (Å²) in [7, 11) is 0. The molecule has 88 valence electrons. The SMILES string of the molecule is CC(C)CCc1nc(N)c(I)c(C2CC2)n1. The van der Waals surface area contributed by atoms with Gasteiger partial charge in [-0.25, -0.2) is 9.97 Å². The van der Waals surface area contributed by atoms with E-state index in [0.717, 1.165) is 22.2 Å². The lowest BCUT2D eigenvalue weighted by molar-refractivity contribution is 0.573. The Balaban J connectivity index is 2.19. The summed E-state index contributed by atoms with van der Waals surface area (Å²) in [5, 5.41) is 0. The largest absolute Gasteiger partial charge is 0.383 e. The lowest BCUT2D eigenvalue weighted by atomic mass is 10.1. The number of nitrogens with zero attached hydrogens (tertiary/aromatic N) is 2. The van der Waals surface area contributed by atoms with Gasteiger partial charge in [-0.2, -0.15) is 0 Å². The molecule has 2 N–H and O–H groups in total. The normalized spacial score (nSPS) is 15.8. The summed E-state index contributed by atoms with van der Waals surface area (Å²) in [6.45, 7) is 4.44. The number of nitrogen functional groups attached to an aromatic ring is 1. The van der Waals surface area contributed by atoms with E-state index in [1.807, 2.05) is 0 Å². The van der Waals surface area contributed by atoms with Gasteiger partial charge < -0.3 is 5.73 Å². The molecule has 1 heterocycles. The fraction of sp³-hybridized carbons (Fsp3) is 0.667. The van der Waals surface area contributed by atoms with Gasteiger partial charge in [0, 0.05) is 12.3 Å². The zero-order valence-corrected chi connectivity index (χ0v) is 12.0. The van der Waals surface area contributed by atoms with Crippen molar-refractivity contribution in [2.24, 2.45) is 5.92 Å². The Morgan fingerprint density at radius 2 is 2.06 bits per heavy atom. The Bertz CT molecular complexity index is 386. The highest BCUT2D eigenvalue weighted by atomic mass is 127. The second-order valence-corrected chi connectivity index (χ2v) is 6.01. The molecule has 1 aromatic rings. The molecular weight excluding hydrogens is 313 g/mol.